The van der Waals surface area contributed by atoms with Gasteiger partial charge in [0.05, 0.1) is 16.6 Å². The van der Waals surface area contributed by atoms with E-state index >= 15 is 0 Å². The number of aryl methyl sites for hydroxylation is 1. The molecule has 2 amide bonds. The van der Waals surface area contributed by atoms with Crippen molar-refractivity contribution in [1.82, 2.24) is 19.4 Å². The molecule has 0 spiro atoms. The summed E-state index contributed by atoms with van der Waals surface area (Å²) in [4.78, 5) is 49.0. The first-order valence-corrected chi connectivity index (χ1v) is 13.8. The monoisotopic (exact) mass is 506 g/mol. The van der Waals surface area contributed by atoms with Crippen molar-refractivity contribution in [2.45, 2.75) is 65.0 Å². The van der Waals surface area contributed by atoms with Gasteiger partial charge in [-0.1, -0.05) is 30.3 Å². The highest BCUT2D eigenvalue weighted by molar-refractivity contribution is 7.20. The zero-order valence-corrected chi connectivity index (χ0v) is 21.9. The van der Waals surface area contributed by atoms with Crippen molar-refractivity contribution in [1.29, 1.82) is 0 Å². The van der Waals surface area contributed by atoms with E-state index in [0.29, 0.717) is 26.6 Å². The first-order chi connectivity index (χ1) is 17.4. The zero-order valence-electron chi connectivity index (χ0n) is 21.1. The van der Waals surface area contributed by atoms with Gasteiger partial charge in [-0.25, -0.2) is 4.98 Å². The van der Waals surface area contributed by atoms with Gasteiger partial charge in [0.15, 0.2) is 0 Å². The maximum absolute atomic E-state index is 13.4. The van der Waals surface area contributed by atoms with Crippen molar-refractivity contribution >= 4 is 33.4 Å². The van der Waals surface area contributed by atoms with Gasteiger partial charge < -0.3 is 9.80 Å². The average molecular weight is 507 g/mol. The number of benzene rings is 1. The predicted molar refractivity (Wildman–Crippen MR) is 142 cm³/mol. The third-order valence-corrected chi connectivity index (χ3v) is 9.00. The maximum atomic E-state index is 13.4. The van der Waals surface area contributed by atoms with Gasteiger partial charge in [0.25, 0.3) is 11.5 Å². The Hall–Kier alpha value is -3.00. The number of hydrogen-bond donors (Lipinski definition) is 0. The van der Waals surface area contributed by atoms with E-state index in [1.807, 2.05) is 22.8 Å². The SMILES string of the molecule is Cc1c(C(=O)N2CCC(Cc3ccccc3)CC2)sc2ncn(CC(=O)N3CCCC[C@@H]3C)c(=O)c12. The minimum atomic E-state index is -0.243. The van der Waals surface area contributed by atoms with Crippen LogP contribution in [0, 0.1) is 12.8 Å². The lowest BCUT2D eigenvalue weighted by atomic mass is 9.90. The molecule has 0 N–H and O–H groups in total. The summed E-state index contributed by atoms with van der Waals surface area (Å²) in [5.74, 6) is 0.514. The first-order valence-electron chi connectivity index (χ1n) is 13.0. The van der Waals surface area contributed by atoms with Crippen molar-refractivity contribution in [3.8, 4) is 0 Å². The van der Waals surface area contributed by atoms with E-state index in [4.69, 9.17) is 0 Å². The van der Waals surface area contributed by atoms with Gasteiger partial charge in [-0.2, -0.15) is 0 Å². The Morgan fingerprint density at radius 3 is 2.53 bits per heavy atom. The van der Waals surface area contributed by atoms with Crippen molar-refractivity contribution in [3.05, 3.63) is 63.0 Å². The fourth-order valence-corrected chi connectivity index (χ4v) is 6.72. The summed E-state index contributed by atoms with van der Waals surface area (Å²) in [6.07, 6.45) is 7.59. The van der Waals surface area contributed by atoms with E-state index in [9.17, 15) is 14.4 Å². The summed E-state index contributed by atoms with van der Waals surface area (Å²) in [5.41, 5.74) is 1.78. The number of aromatic nitrogens is 2. The summed E-state index contributed by atoms with van der Waals surface area (Å²) in [6.45, 7) is 6.07. The molecule has 1 aromatic carbocycles. The molecule has 1 atom stereocenters. The quantitative estimate of drug-likeness (QED) is 0.518. The molecule has 0 bridgehead atoms. The van der Waals surface area contributed by atoms with Crippen LogP contribution in [-0.2, 0) is 17.8 Å². The van der Waals surface area contributed by atoms with Crippen LogP contribution < -0.4 is 5.56 Å². The molecule has 4 heterocycles. The summed E-state index contributed by atoms with van der Waals surface area (Å²) in [6, 6.07) is 10.7. The van der Waals surface area contributed by atoms with Crippen molar-refractivity contribution < 1.29 is 9.59 Å². The zero-order chi connectivity index (χ0) is 25.2. The largest absolute Gasteiger partial charge is 0.338 e. The normalized spacial score (nSPS) is 19.1. The standard InChI is InChI=1S/C28H34N4O3S/c1-19-8-6-7-13-32(19)23(33)17-31-18-29-26-24(27(31)34)20(2)25(36-26)28(35)30-14-11-22(12-15-30)16-21-9-4-3-5-10-21/h3-5,9-10,18-19,22H,6-8,11-17H2,1-2H3/t19-/m0/s1. The van der Waals surface area contributed by atoms with Crippen LogP contribution in [0.5, 0.6) is 0 Å². The van der Waals surface area contributed by atoms with E-state index in [2.05, 4.69) is 36.2 Å². The molecule has 36 heavy (non-hydrogen) atoms. The Kier molecular flexibility index (Phi) is 7.23. The molecule has 2 fully saturated rings. The van der Waals surface area contributed by atoms with E-state index < -0.39 is 0 Å². The molecule has 2 aromatic heterocycles. The Morgan fingerprint density at radius 1 is 1.06 bits per heavy atom. The Bertz CT molecular complexity index is 1310. The van der Waals surface area contributed by atoms with Crippen molar-refractivity contribution in [2.24, 2.45) is 5.92 Å². The summed E-state index contributed by atoms with van der Waals surface area (Å²) >= 11 is 1.29. The van der Waals surface area contributed by atoms with Crippen LogP contribution in [0.3, 0.4) is 0 Å². The molecule has 0 aliphatic carbocycles. The minimum Gasteiger partial charge on any atom is -0.338 e. The lowest BCUT2D eigenvalue weighted by Gasteiger charge is -2.33. The van der Waals surface area contributed by atoms with Gasteiger partial charge in [0, 0.05) is 25.7 Å². The molecule has 3 aromatic rings. The Morgan fingerprint density at radius 2 is 1.81 bits per heavy atom. The van der Waals surface area contributed by atoms with Gasteiger partial charge >= 0.3 is 0 Å². The fourth-order valence-electron chi connectivity index (χ4n) is 5.61. The number of thiophene rings is 1. The second kappa shape index (κ2) is 10.5. The van der Waals surface area contributed by atoms with Gasteiger partial charge in [-0.15, -0.1) is 11.3 Å². The highest BCUT2D eigenvalue weighted by Gasteiger charge is 2.28. The summed E-state index contributed by atoms with van der Waals surface area (Å²) in [7, 11) is 0. The van der Waals surface area contributed by atoms with Crippen LogP contribution in [0.25, 0.3) is 10.2 Å². The number of fused-ring (bicyclic) bond motifs is 1. The van der Waals surface area contributed by atoms with E-state index in [0.717, 1.165) is 58.2 Å². The summed E-state index contributed by atoms with van der Waals surface area (Å²) < 4.78 is 1.40. The number of nitrogens with zero attached hydrogens (tertiary/aromatic N) is 4. The first kappa shape index (κ1) is 24.7. The van der Waals surface area contributed by atoms with E-state index in [-0.39, 0.29) is 30.0 Å². The fraction of sp³-hybridized carbons (Fsp3) is 0.500. The van der Waals surface area contributed by atoms with Crippen molar-refractivity contribution in [3.63, 3.8) is 0 Å². The van der Waals surface area contributed by atoms with Crippen LogP contribution in [0.2, 0.25) is 0 Å². The molecule has 0 saturated carbocycles. The Labute approximate surface area is 215 Å². The third kappa shape index (κ3) is 4.96. The van der Waals surface area contributed by atoms with Gasteiger partial charge in [0.1, 0.15) is 11.4 Å². The van der Waals surface area contributed by atoms with E-state index in [1.54, 1.807) is 0 Å². The van der Waals surface area contributed by atoms with Crippen LogP contribution >= 0.6 is 11.3 Å². The molecule has 2 saturated heterocycles. The number of hydrogen-bond acceptors (Lipinski definition) is 5. The van der Waals surface area contributed by atoms with Crippen LogP contribution in [0.15, 0.2) is 41.5 Å². The molecule has 2 aliphatic heterocycles. The molecular weight excluding hydrogens is 472 g/mol. The predicted octanol–water partition coefficient (Wildman–Crippen LogP) is 4.26. The Balaban J connectivity index is 1.29. The lowest BCUT2D eigenvalue weighted by molar-refractivity contribution is -0.135. The third-order valence-electron chi connectivity index (χ3n) is 7.81. The van der Waals surface area contributed by atoms with E-state index in [1.165, 1.54) is 27.8 Å². The highest BCUT2D eigenvalue weighted by atomic mass is 32.1. The average Bonchev–Trinajstić information content (AvgIpc) is 3.23. The molecule has 8 heteroatoms. The topological polar surface area (TPSA) is 75.5 Å². The van der Waals surface area contributed by atoms with Crippen molar-refractivity contribution in [2.75, 3.05) is 19.6 Å². The molecule has 0 radical (unpaired) electrons. The second-order valence-corrected chi connectivity index (χ2v) is 11.3. The highest BCUT2D eigenvalue weighted by Crippen LogP contribution is 2.30. The lowest BCUT2D eigenvalue weighted by Crippen LogP contribution is -2.44. The molecule has 0 unspecified atom stereocenters. The number of likely N-dealkylation sites (tertiary alicyclic amines) is 2. The van der Waals surface area contributed by atoms with Gasteiger partial charge in [0.2, 0.25) is 5.91 Å². The molecule has 5 rings (SSSR count). The minimum absolute atomic E-state index is 0.0143. The number of amides is 2. The molecular formula is C28H34N4O3S. The smallest absolute Gasteiger partial charge is 0.264 e. The number of piperidine rings is 2. The van der Waals surface area contributed by atoms with Crippen LogP contribution in [0.1, 0.15) is 59.8 Å². The number of carbonyl (C=O) groups excluding carboxylic acids is 2. The van der Waals surface area contributed by atoms with Gasteiger partial charge in [-0.05, 0) is 69.4 Å². The molecule has 2 aliphatic rings. The number of rotatable bonds is 5. The maximum Gasteiger partial charge on any atom is 0.264 e. The molecule has 7 nitrogen and oxygen atoms in total. The van der Waals surface area contributed by atoms with Crippen LogP contribution in [0.4, 0.5) is 0 Å². The second-order valence-electron chi connectivity index (χ2n) is 10.3. The van der Waals surface area contributed by atoms with Crippen LogP contribution in [-0.4, -0.2) is 56.8 Å². The number of carbonyl (C=O) groups is 2. The van der Waals surface area contributed by atoms with Gasteiger partial charge in [-0.3, -0.25) is 19.0 Å². The summed E-state index contributed by atoms with van der Waals surface area (Å²) in [5, 5.41) is 0.462. The molecule has 190 valence electrons.